The van der Waals surface area contributed by atoms with Gasteiger partial charge in [-0.25, -0.2) is 4.57 Å². The summed E-state index contributed by atoms with van der Waals surface area (Å²) in [5.41, 5.74) is 0. The monoisotopic (exact) mass is 775 g/mol. The van der Waals surface area contributed by atoms with Crippen LogP contribution in [0.3, 0.4) is 0 Å². The molecule has 0 aromatic rings. The summed E-state index contributed by atoms with van der Waals surface area (Å²) in [6, 6.07) is 0. The fraction of sp³-hybridized carbons (Fsp3) is 0.932. The summed E-state index contributed by atoms with van der Waals surface area (Å²) in [5.74, 6) is -0.332. The topological polar surface area (TPSA) is 91.3 Å². The minimum atomic E-state index is -4.28. The number of carbonyl (C=O) groups is 1. The molecule has 0 amide bonds. The van der Waals surface area contributed by atoms with Crippen LogP contribution in [0.1, 0.15) is 213 Å². The van der Waals surface area contributed by atoms with Crippen LogP contribution in [0, 0.1) is 0 Å². The summed E-state index contributed by atoms with van der Waals surface area (Å²) in [7, 11) is 1.65. The Hall–Kier alpha value is -0.920. The molecule has 0 bridgehead atoms. The van der Waals surface area contributed by atoms with E-state index >= 15 is 0 Å². The van der Waals surface area contributed by atoms with Crippen LogP contribution in [0.4, 0.5) is 0 Å². The Morgan fingerprint density at radius 2 is 0.981 bits per heavy atom. The number of phosphoric acid groups is 1. The van der Waals surface area contributed by atoms with Gasteiger partial charge < -0.3 is 18.9 Å². The first-order valence-corrected chi connectivity index (χ1v) is 24.0. The van der Waals surface area contributed by atoms with Crippen molar-refractivity contribution in [2.45, 2.75) is 219 Å². The molecule has 2 atom stereocenters. The van der Waals surface area contributed by atoms with Gasteiger partial charge in [0, 0.05) is 6.42 Å². The van der Waals surface area contributed by atoms with Gasteiger partial charge in [-0.1, -0.05) is 187 Å². The van der Waals surface area contributed by atoms with E-state index in [-0.39, 0.29) is 25.8 Å². The Kier molecular flexibility index (Phi) is 37.3. The fourth-order valence-corrected chi connectivity index (χ4v) is 7.14. The van der Waals surface area contributed by atoms with Gasteiger partial charge in [-0.3, -0.25) is 13.8 Å². The Balaban J connectivity index is 4.22. The second-order valence-electron chi connectivity index (χ2n) is 16.5. The largest absolute Gasteiger partial charge is 0.498 e. The average Bonchev–Trinajstić information content (AvgIpc) is 3.11. The smallest absolute Gasteiger partial charge is 0.472 e. The molecule has 0 aliphatic carbocycles. The van der Waals surface area contributed by atoms with E-state index in [1.165, 1.54) is 161 Å². The van der Waals surface area contributed by atoms with Crippen LogP contribution in [0.5, 0.6) is 0 Å². The summed E-state index contributed by atoms with van der Waals surface area (Å²) in [5, 5.41) is 0. The number of phosphoric ester groups is 1. The summed E-state index contributed by atoms with van der Waals surface area (Å²) in [6.45, 7) is 4.96. The number of rotatable bonds is 42. The number of allylic oxidation sites excluding steroid dienone is 1. The number of ether oxygens (including phenoxy) is 2. The van der Waals surface area contributed by atoms with Crippen LogP contribution >= 0.6 is 7.82 Å². The molecule has 0 aliphatic heterocycles. The molecule has 316 valence electrons. The van der Waals surface area contributed by atoms with Gasteiger partial charge >= 0.3 is 13.8 Å². The quantitative estimate of drug-likeness (QED) is 0.0217. The molecule has 0 aromatic carbocycles. The Labute approximate surface area is 329 Å². The summed E-state index contributed by atoms with van der Waals surface area (Å²) < 4.78 is 34.8. The maximum absolute atomic E-state index is 12.7. The molecule has 0 fully saturated rings. The van der Waals surface area contributed by atoms with Crippen LogP contribution in [-0.4, -0.2) is 69.0 Å². The highest BCUT2D eigenvalue weighted by molar-refractivity contribution is 7.47. The Morgan fingerprint density at radius 3 is 1.40 bits per heavy atom. The van der Waals surface area contributed by atoms with Crippen molar-refractivity contribution in [1.29, 1.82) is 0 Å². The number of esters is 1. The zero-order valence-corrected chi connectivity index (χ0v) is 36.7. The highest BCUT2D eigenvalue weighted by atomic mass is 31.2. The van der Waals surface area contributed by atoms with Crippen molar-refractivity contribution in [3.05, 3.63) is 12.3 Å². The number of unbranched alkanes of at least 4 members (excludes halogenated alkanes) is 28. The zero-order chi connectivity index (χ0) is 39.1. The van der Waals surface area contributed by atoms with Crippen LogP contribution < -0.4 is 0 Å². The van der Waals surface area contributed by atoms with Gasteiger partial charge in [0.1, 0.15) is 19.8 Å². The number of carbonyl (C=O) groups excluding carboxylic acids is 1. The molecule has 53 heavy (non-hydrogen) atoms. The lowest BCUT2D eigenvalue weighted by molar-refractivity contribution is -0.870. The summed E-state index contributed by atoms with van der Waals surface area (Å²) >= 11 is 0. The number of quaternary nitrogens is 1. The van der Waals surface area contributed by atoms with Crippen molar-refractivity contribution in [3.8, 4) is 0 Å². The third kappa shape index (κ3) is 42.1. The molecule has 0 aliphatic rings. The Morgan fingerprint density at radius 1 is 0.585 bits per heavy atom. The molecular weight excluding hydrogens is 685 g/mol. The van der Waals surface area contributed by atoms with Gasteiger partial charge in [-0.15, -0.1) is 0 Å². The second kappa shape index (κ2) is 38.0. The van der Waals surface area contributed by atoms with Gasteiger partial charge in [0.05, 0.1) is 34.0 Å². The first-order valence-electron chi connectivity index (χ1n) is 22.5. The molecule has 0 rings (SSSR count). The molecular formula is C44H89NO7P+. The van der Waals surface area contributed by atoms with Crippen molar-refractivity contribution in [2.24, 2.45) is 0 Å². The van der Waals surface area contributed by atoms with Gasteiger partial charge in [0.2, 0.25) is 0 Å². The molecule has 1 N–H and O–H groups in total. The molecule has 0 saturated carbocycles. The van der Waals surface area contributed by atoms with Crippen LogP contribution in [0.2, 0.25) is 0 Å². The molecule has 0 saturated heterocycles. The second-order valence-corrected chi connectivity index (χ2v) is 18.0. The minimum absolute atomic E-state index is 0.0542. The van der Waals surface area contributed by atoms with Crippen molar-refractivity contribution < 1.29 is 37.3 Å². The van der Waals surface area contributed by atoms with E-state index in [2.05, 4.69) is 13.8 Å². The van der Waals surface area contributed by atoms with Crippen molar-refractivity contribution in [2.75, 3.05) is 47.5 Å². The number of likely N-dealkylation sites (N-methyl/N-ethyl adjacent to an activating group) is 1. The van der Waals surface area contributed by atoms with Crippen molar-refractivity contribution >= 4 is 13.8 Å². The predicted molar refractivity (Wildman–Crippen MR) is 224 cm³/mol. The van der Waals surface area contributed by atoms with E-state index in [1.54, 1.807) is 6.26 Å². The SMILES string of the molecule is CCCCCCCCCCCCCCCCCC/C=C\OC[C@H](COP(=O)(O)OCC[N+](C)(C)C)OC(=O)CCCCCCCCCCCCCCC. The first-order chi connectivity index (χ1) is 25.6. The maximum Gasteiger partial charge on any atom is 0.472 e. The standard InChI is InChI=1S/C44H88NO7P/c1-6-8-10-12-14-16-18-20-21-22-23-24-26-28-30-32-34-36-39-49-41-43(42-51-53(47,48)50-40-38-45(3,4)5)52-44(46)37-35-33-31-29-27-25-19-17-15-13-11-9-7-2/h36,39,43H,6-35,37-38,40-42H2,1-5H3/p+1/b39-36-/t43-/m1/s1. The summed E-state index contributed by atoms with van der Waals surface area (Å²) in [4.78, 5) is 22.8. The summed E-state index contributed by atoms with van der Waals surface area (Å²) in [6.07, 6.45) is 41.9. The van der Waals surface area contributed by atoms with E-state index in [0.717, 1.165) is 32.1 Å². The van der Waals surface area contributed by atoms with Gasteiger partial charge in [0.15, 0.2) is 6.10 Å². The van der Waals surface area contributed by atoms with Crippen LogP contribution in [0.15, 0.2) is 12.3 Å². The third-order valence-corrected chi connectivity index (χ3v) is 10.9. The van der Waals surface area contributed by atoms with E-state index in [1.807, 2.05) is 27.2 Å². The van der Waals surface area contributed by atoms with Crippen LogP contribution in [0.25, 0.3) is 0 Å². The number of nitrogens with zero attached hydrogens (tertiary/aromatic N) is 1. The van der Waals surface area contributed by atoms with Gasteiger partial charge in [0.25, 0.3) is 0 Å². The predicted octanol–water partition coefficient (Wildman–Crippen LogP) is 13.4. The molecule has 0 spiro atoms. The van der Waals surface area contributed by atoms with Crippen LogP contribution in [-0.2, 0) is 27.9 Å². The molecule has 8 nitrogen and oxygen atoms in total. The van der Waals surface area contributed by atoms with Gasteiger partial charge in [-0.05, 0) is 25.3 Å². The van der Waals surface area contributed by atoms with Crippen molar-refractivity contribution in [1.82, 2.24) is 0 Å². The van der Waals surface area contributed by atoms with Gasteiger partial charge in [-0.2, -0.15) is 0 Å². The molecule has 1 unspecified atom stereocenters. The minimum Gasteiger partial charge on any atom is -0.498 e. The van der Waals surface area contributed by atoms with E-state index < -0.39 is 13.9 Å². The average molecular weight is 775 g/mol. The number of hydrogen-bond acceptors (Lipinski definition) is 6. The highest BCUT2D eigenvalue weighted by Gasteiger charge is 2.26. The van der Waals surface area contributed by atoms with E-state index in [0.29, 0.717) is 17.4 Å². The molecule has 9 heteroatoms. The number of hydrogen-bond donors (Lipinski definition) is 1. The Bertz CT molecular complexity index is 863. The molecule has 0 heterocycles. The lowest BCUT2D eigenvalue weighted by Crippen LogP contribution is -2.37. The lowest BCUT2D eigenvalue weighted by atomic mass is 10.0. The molecule has 0 aromatic heterocycles. The maximum atomic E-state index is 12.7. The zero-order valence-electron chi connectivity index (χ0n) is 35.8. The molecule has 0 radical (unpaired) electrons. The fourth-order valence-electron chi connectivity index (χ4n) is 6.40. The lowest BCUT2D eigenvalue weighted by Gasteiger charge is -2.24. The normalized spacial score (nSPS) is 13.8. The highest BCUT2D eigenvalue weighted by Crippen LogP contribution is 2.43. The first kappa shape index (κ1) is 52.1. The third-order valence-electron chi connectivity index (χ3n) is 9.92. The van der Waals surface area contributed by atoms with Crippen molar-refractivity contribution in [3.63, 3.8) is 0 Å². The van der Waals surface area contributed by atoms with E-state index in [9.17, 15) is 14.3 Å². The van der Waals surface area contributed by atoms with E-state index in [4.69, 9.17) is 18.5 Å².